The smallest absolute Gasteiger partial charge is 0.216 e. The molecule has 0 aliphatic rings. The third-order valence-electron chi connectivity index (χ3n) is 5.73. The van der Waals surface area contributed by atoms with Gasteiger partial charge in [0.25, 0.3) is 0 Å². The molecule has 4 aromatic carbocycles. The molecular weight excluding hydrogens is 422 g/mol. The average molecular weight is 454 g/mol. The van der Waals surface area contributed by atoms with Crippen molar-refractivity contribution in [1.82, 2.24) is 5.32 Å². The Morgan fingerprint density at radius 1 is 0.735 bits per heavy atom. The molecule has 0 aliphatic heterocycles. The number of rotatable bonds is 11. The van der Waals surface area contributed by atoms with Gasteiger partial charge in [-0.05, 0) is 71.0 Å². The molecule has 0 heterocycles. The lowest BCUT2D eigenvalue weighted by molar-refractivity contribution is -0.118. The average Bonchev–Trinajstić information content (AvgIpc) is 2.87. The summed E-state index contributed by atoms with van der Waals surface area (Å²) in [5, 5.41) is 5.22. The molecule has 0 aromatic heterocycles. The Hall–Kier alpha value is -3.79. The Labute approximate surface area is 201 Å². The molecule has 0 unspecified atom stereocenters. The lowest BCUT2D eigenvalue weighted by Gasteiger charge is -2.11. The summed E-state index contributed by atoms with van der Waals surface area (Å²) < 4.78 is 12.0. The van der Waals surface area contributed by atoms with Gasteiger partial charge in [-0.25, -0.2) is 0 Å². The third-order valence-corrected chi connectivity index (χ3v) is 5.73. The number of hydrogen-bond acceptors (Lipinski definition) is 3. The molecule has 1 amide bonds. The Kier molecular flexibility index (Phi) is 8.18. The van der Waals surface area contributed by atoms with Crippen molar-refractivity contribution in [2.75, 3.05) is 19.8 Å². The van der Waals surface area contributed by atoms with E-state index in [2.05, 4.69) is 59.9 Å². The second-order valence-electron chi connectivity index (χ2n) is 8.33. The number of carbonyl (C=O) groups is 1. The van der Waals surface area contributed by atoms with E-state index >= 15 is 0 Å². The van der Waals surface area contributed by atoms with Crippen LogP contribution in [-0.2, 0) is 11.2 Å². The Balaban J connectivity index is 1.24. The number of nitrogens with one attached hydrogen (secondary N) is 1. The van der Waals surface area contributed by atoms with Crippen LogP contribution in [0.2, 0.25) is 0 Å². The van der Waals surface area contributed by atoms with Crippen LogP contribution in [0.3, 0.4) is 0 Å². The molecule has 0 bridgehead atoms. The second-order valence-corrected chi connectivity index (χ2v) is 8.33. The molecule has 0 fully saturated rings. The van der Waals surface area contributed by atoms with E-state index in [9.17, 15) is 4.79 Å². The van der Waals surface area contributed by atoms with Gasteiger partial charge in [0.05, 0.1) is 13.2 Å². The fraction of sp³-hybridized carbons (Fsp3) is 0.233. The van der Waals surface area contributed by atoms with Gasteiger partial charge in [0, 0.05) is 13.5 Å². The van der Waals surface area contributed by atoms with Gasteiger partial charge in [-0.2, -0.15) is 0 Å². The van der Waals surface area contributed by atoms with Crippen molar-refractivity contribution < 1.29 is 14.3 Å². The van der Waals surface area contributed by atoms with Gasteiger partial charge in [-0.15, -0.1) is 0 Å². The maximum atomic E-state index is 11.2. The van der Waals surface area contributed by atoms with Crippen molar-refractivity contribution in [1.29, 1.82) is 0 Å². The molecule has 0 saturated carbocycles. The van der Waals surface area contributed by atoms with E-state index in [0.717, 1.165) is 36.3 Å². The maximum absolute atomic E-state index is 11.2. The first-order valence-corrected chi connectivity index (χ1v) is 11.9. The molecule has 0 aliphatic carbocycles. The highest BCUT2D eigenvalue weighted by Crippen LogP contribution is 2.25. The molecule has 4 rings (SSSR count). The number of ether oxygens (including phenoxy) is 2. The molecule has 0 radical (unpaired) electrons. The predicted octanol–water partition coefficient (Wildman–Crippen LogP) is 6.42. The molecule has 4 nitrogen and oxygen atoms in total. The molecule has 174 valence electrons. The van der Waals surface area contributed by atoms with Crippen molar-refractivity contribution in [3.05, 3.63) is 96.6 Å². The summed E-state index contributed by atoms with van der Waals surface area (Å²) in [5.41, 5.74) is 3.56. The van der Waals surface area contributed by atoms with E-state index in [1.54, 1.807) is 6.92 Å². The minimum absolute atomic E-state index is 0.00265. The Morgan fingerprint density at radius 2 is 1.44 bits per heavy atom. The van der Waals surface area contributed by atoms with Gasteiger partial charge in [0.2, 0.25) is 5.91 Å². The van der Waals surface area contributed by atoms with Crippen LogP contribution in [0.1, 0.15) is 25.3 Å². The molecular formula is C30H31NO3. The standard InChI is InChI=1S/C30H31NO3/c1-23(32)31-18-17-26-12-7-11-25-15-16-29(22-30(25)26)34-20-6-5-19-33-28-14-8-13-27(21-28)24-9-3-2-4-10-24/h2-4,7-16,21-22H,5-6,17-20H2,1H3,(H,31,32). The number of amides is 1. The van der Waals surface area contributed by atoms with E-state index in [1.807, 2.05) is 36.4 Å². The highest BCUT2D eigenvalue weighted by Gasteiger charge is 2.05. The normalized spacial score (nSPS) is 10.7. The summed E-state index contributed by atoms with van der Waals surface area (Å²) in [6.07, 6.45) is 2.63. The number of carbonyl (C=O) groups excluding carboxylic acids is 1. The van der Waals surface area contributed by atoms with Crippen LogP contribution >= 0.6 is 0 Å². The summed E-state index contributed by atoms with van der Waals surface area (Å²) >= 11 is 0. The van der Waals surface area contributed by atoms with Crippen LogP contribution in [0, 0.1) is 0 Å². The highest BCUT2D eigenvalue weighted by molar-refractivity contribution is 5.87. The first-order valence-electron chi connectivity index (χ1n) is 11.9. The van der Waals surface area contributed by atoms with Crippen LogP contribution in [0.15, 0.2) is 91.0 Å². The number of fused-ring (bicyclic) bond motifs is 1. The summed E-state index contributed by atoms with van der Waals surface area (Å²) in [4.78, 5) is 11.2. The van der Waals surface area contributed by atoms with E-state index in [4.69, 9.17) is 9.47 Å². The summed E-state index contributed by atoms with van der Waals surface area (Å²) in [6.45, 7) is 3.48. The van der Waals surface area contributed by atoms with Gasteiger partial charge in [0.1, 0.15) is 11.5 Å². The van der Waals surface area contributed by atoms with E-state index in [-0.39, 0.29) is 5.91 Å². The number of hydrogen-bond donors (Lipinski definition) is 1. The number of benzene rings is 4. The molecule has 0 saturated heterocycles. The van der Waals surface area contributed by atoms with Crippen molar-refractivity contribution in [2.45, 2.75) is 26.2 Å². The van der Waals surface area contributed by atoms with Crippen molar-refractivity contribution in [3.8, 4) is 22.6 Å². The SMILES string of the molecule is CC(=O)NCCc1cccc2ccc(OCCCCOc3cccc(-c4ccccc4)c3)cc12. The minimum atomic E-state index is -0.00265. The fourth-order valence-corrected chi connectivity index (χ4v) is 3.98. The monoisotopic (exact) mass is 453 g/mol. The fourth-order valence-electron chi connectivity index (χ4n) is 3.98. The van der Waals surface area contributed by atoms with Gasteiger partial charge in [0.15, 0.2) is 0 Å². The van der Waals surface area contributed by atoms with Gasteiger partial charge >= 0.3 is 0 Å². The van der Waals surface area contributed by atoms with Crippen molar-refractivity contribution >= 4 is 16.7 Å². The van der Waals surface area contributed by atoms with Gasteiger partial charge in [-0.1, -0.05) is 66.7 Å². The molecule has 34 heavy (non-hydrogen) atoms. The van der Waals surface area contributed by atoms with Gasteiger partial charge < -0.3 is 14.8 Å². The molecule has 4 heteroatoms. The summed E-state index contributed by atoms with van der Waals surface area (Å²) in [5.74, 6) is 1.76. The molecule has 0 atom stereocenters. The quantitative estimate of drug-likeness (QED) is 0.267. The zero-order chi connectivity index (χ0) is 23.6. The molecule has 4 aromatic rings. The summed E-state index contributed by atoms with van der Waals surface area (Å²) in [7, 11) is 0. The predicted molar refractivity (Wildman–Crippen MR) is 138 cm³/mol. The lowest BCUT2D eigenvalue weighted by Crippen LogP contribution is -2.22. The van der Waals surface area contributed by atoms with Gasteiger partial charge in [-0.3, -0.25) is 4.79 Å². The largest absolute Gasteiger partial charge is 0.494 e. The number of unbranched alkanes of at least 4 members (excludes halogenated alkanes) is 1. The van der Waals surface area contributed by atoms with E-state index in [0.29, 0.717) is 19.8 Å². The minimum Gasteiger partial charge on any atom is -0.494 e. The maximum Gasteiger partial charge on any atom is 0.216 e. The molecule has 1 N–H and O–H groups in total. The highest BCUT2D eigenvalue weighted by atomic mass is 16.5. The van der Waals surface area contributed by atoms with Crippen molar-refractivity contribution in [3.63, 3.8) is 0 Å². The topological polar surface area (TPSA) is 47.6 Å². The van der Waals surface area contributed by atoms with Crippen LogP contribution < -0.4 is 14.8 Å². The van der Waals surface area contributed by atoms with Crippen molar-refractivity contribution in [2.24, 2.45) is 0 Å². The zero-order valence-corrected chi connectivity index (χ0v) is 19.6. The van der Waals surface area contributed by atoms with E-state index in [1.165, 1.54) is 21.9 Å². The van der Waals surface area contributed by atoms with Crippen LogP contribution in [0.25, 0.3) is 21.9 Å². The summed E-state index contributed by atoms with van der Waals surface area (Å²) in [6, 6.07) is 31.0. The van der Waals surface area contributed by atoms with Crippen LogP contribution in [0.4, 0.5) is 0 Å². The van der Waals surface area contributed by atoms with Crippen LogP contribution in [-0.4, -0.2) is 25.7 Å². The lowest BCUT2D eigenvalue weighted by atomic mass is 10.0. The zero-order valence-electron chi connectivity index (χ0n) is 19.6. The third kappa shape index (κ3) is 6.61. The Bertz CT molecular complexity index is 1220. The van der Waals surface area contributed by atoms with Crippen LogP contribution in [0.5, 0.6) is 11.5 Å². The molecule has 0 spiro atoms. The first kappa shape index (κ1) is 23.4. The first-order chi connectivity index (χ1) is 16.7. The van der Waals surface area contributed by atoms with E-state index < -0.39 is 0 Å². The Morgan fingerprint density at radius 3 is 2.21 bits per heavy atom. The second kappa shape index (κ2) is 11.9.